The topological polar surface area (TPSA) is 91.9 Å². The van der Waals surface area contributed by atoms with Crippen LogP contribution in [0.3, 0.4) is 0 Å². The molecule has 3 aromatic carbocycles. The fraction of sp³-hybridized carbons (Fsp3) is 0.172. The summed E-state index contributed by atoms with van der Waals surface area (Å²) in [6.07, 6.45) is 2.34. The van der Waals surface area contributed by atoms with E-state index in [9.17, 15) is 14.7 Å². The molecule has 1 amide bonds. The highest BCUT2D eigenvalue weighted by Crippen LogP contribution is 2.41. The van der Waals surface area contributed by atoms with Gasteiger partial charge in [-0.15, -0.1) is 0 Å². The summed E-state index contributed by atoms with van der Waals surface area (Å²) in [5.41, 5.74) is 2.69. The van der Waals surface area contributed by atoms with Crippen molar-refractivity contribution in [3.05, 3.63) is 99.2 Å². The number of fused-ring (bicyclic) bond motifs is 1. The first-order chi connectivity index (χ1) is 18.3. The molecule has 0 spiro atoms. The van der Waals surface area contributed by atoms with Crippen LogP contribution >= 0.6 is 23.2 Å². The lowest BCUT2D eigenvalue weighted by atomic mass is 9.95. The van der Waals surface area contributed by atoms with Crippen LogP contribution in [0.4, 0.5) is 0 Å². The van der Waals surface area contributed by atoms with Crippen LogP contribution < -0.4 is 9.47 Å². The second-order valence-corrected chi connectivity index (χ2v) is 9.71. The fourth-order valence-electron chi connectivity index (χ4n) is 4.83. The molecule has 1 aromatic heterocycles. The molecule has 0 radical (unpaired) electrons. The number of rotatable bonds is 7. The van der Waals surface area contributed by atoms with Crippen molar-refractivity contribution in [2.45, 2.75) is 12.5 Å². The molecule has 1 saturated heterocycles. The number of aliphatic hydroxyl groups is 1. The summed E-state index contributed by atoms with van der Waals surface area (Å²) in [5.74, 6) is -0.586. The molecule has 2 N–H and O–H groups in total. The summed E-state index contributed by atoms with van der Waals surface area (Å²) >= 11 is 12.4. The molecule has 1 unspecified atom stereocenters. The average Bonchev–Trinajstić information content (AvgIpc) is 3.44. The van der Waals surface area contributed by atoms with E-state index in [1.54, 1.807) is 37.4 Å². The monoisotopic (exact) mass is 550 g/mol. The molecule has 1 atom stereocenters. The van der Waals surface area contributed by atoms with E-state index in [2.05, 4.69) is 4.98 Å². The van der Waals surface area contributed by atoms with Gasteiger partial charge in [0.15, 0.2) is 0 Å². The third-order valence-corrected chi connectivity index (χ3v) is 7.28. The number of methoxy groups -OCH3 is 2. The molecule has 0 bridgehead atoms. The normalized spacial score (nSPS) is 16.8. The molecule has 2 heterocycles. The lowest BCUT2D eigenvalue weighted by Gasteiger charge is -2.25. The molecule has 0 aliphatic carbocycles. The zero-order valence-electron chi connectivity index (χ0n) is 20.6. The number of ketones is 1. The van der Waals surface area contributed by atoms with Crippen molar-refractivity contribution >= 4 is 51.6 Å². The van der Waals surface area contributed by atoms with Crippen molar-refractivity contribution in [2.75, 3.05) is 20.8 Å². The maximum atomic E-state index is 13.4. The van der Waals surface area contributed by atoms with Gasteiger partial charge in [0.1, 0.15) is 17.3 Å². The predicted octanol–water partition coefficient (Wildman–Crippen LogP) is 6.16. The van der Waals surface area contributed by atoms with E-state index < -0.39 is 17.7 Å². The Labute approximate surface area is 229 Å². The van der Waals surface area contributed by atoms with Gasteiger partial charge in [0.25, 0.3) is 11.7 Å². The lowest BCUT2D eigenvalue weighted by Crippen LogP contribution is -2.31. The molecule has 1 aliphatic heterocycles. The SMILES string of the molecule is COc1cccc(C2/C(=C(/O)c3ccc(Cl)cc3Cl)C(=O)C(=O)N2CCc2c[nH]c3ccc(OC)cc23)c1. The molecule has 5 rings (SSSR count). The minimum atomic E-state index is -0.850. The molecule has 1 aliphatic rings. The first-order valence-corrected chi connectivity index (χ1v) is 12.6. The number of nitrogens with zero attached hydrogens (tertiary/aromatic N) is 1. The number of H-pyrrole nitrogens is 1. The Morgan fingerprint density at radius 2 is 1.76 bits per heavy atom. The molecule has 0 saturated carbocycles. The summed E-state index contributed by atoms with van der Waals surface area (Å²) < 4.78 is 10.8. The van der Waals surface area contributed by atoms with Crippen LogP contribution in [0.25, 0.3) is 16.7 Å². The van der Waals surface area contributed by atoms with E-state index in [0.717, 1.165) is 22.2 Å². The van der Waals surface area contributed by atoms with Crippen molar-refractivity contribution < 1.29 is 24.2 Å². The van der Waals surface area contributed by atoms with Crippen LogP contribution in [0.1, 0.15) is 22.7 Å². The number of hydrogen-bond acceptors (Lipinski definition) is 5. The molecule has 194 valence electrons. The summed E-state index contributed by atoms with van der Waals surface area (Å²) in [6, 6.07) is 16.5. The Hall–Kier alpha value is -3.94. The van der Waals surface area contributed by atoms with Crippen LogP contribution in [-0.4, -0.2) is 47.4 Å². The van der Waals surface area contributed by atoms with Gasteiger partial charge in [0, 0.05) is 34.2 Å². The van der Waals surface area contributed by atoms with Gasteiger partial charge in [0.05, 0.1) is 30.9 Å². The number of aromatic nitrogens is 1. The van der Waals surface area contributed by atoms with Gasteiger partial charge in [-0.25, -0.2) is 0 Å². The largest absolute Gasteiger partial charge is 0.507 e. The fourth-order valence-corrected chi connectivity index (χ4v) is 5.33. The molecule has 7 nitrogen and oxygen atoms in total. The zero-order valence-corrected chi connectivity index (χ0v) is 22.1. The number of hydrogen-bond donors (Lipinski definition) is 2. The number of halogens is 2. The van der Waals surface area contributed by atoms with E-state index in [0.29, 0.717) is 22.8 Å². The Kier molecular flexibility index (Phi) is 7.06. The number of ether oxygens (including phenoxy) is 2. The lowest BCUT2D eigenvalue weighted by molar-refractivity contribution is -0.139. The highest BCUT2D eigenvalue weighted by Gasteiger charge is 2.46. The quantitative estimate of drug-likeness (QED) is 0.163. The second kappa shape index (κ2) is 10.4. The Bertz CT molecular complexity index is 1590. The number of Topliss-reactive ketones (excluding diaryl/α,β-unsaturated/α-hetero) is 1. The van der Waals surface area contributed by atoms with E-state index in [1.807, 2.05) is 24.4 Å². The van der Waals surface area contributed by atoms with Gasteiger partial charge < -0.3 is 24.5 Å². The number of aliphatic hydroxyl groups excluding tert-OH is 1. The standard InChI is InChI=1S/C29H24Cl2N2O5/c1-37-19-5-3-4-16(12-19)26-25(27(34)21-8-6-18(30)13-23(21)31)28(35)29(36)33(26)11-10-17-15-32-24-9-7-20(38-2)14-22(17)24/h3-9,12-15,26,32,34H,10-11H2,1-2H3/b27-25-. The van der Waals surface area contributed by atoms with E-state index >= 15 is 0 Å². The molecule has 4 aromatic rings. The summed E-state index contributed by atoms with van der Waals surface area (Å²) in [4.78, 5) is 31.5. The number of aromatic amines is 1. The van der Waals surface area contributed by atoms with Gasteiger partial charge in [0.2, 0.25) is 0 Å². The van der Waals surface area contributed by atoms with E-state index in [-0.39, 0.29) is 28.5 Å². The van der Waals surface area contributed by atoms with Gasteiger partial charge in [-0.3, -0.25) is 9.59 Å². The van der Waals surface area contributed by atoms with Crippen LogP contribution in [0, 0.1) is 0 Å². The minimum Gasteiger partial charge on any atom is -0.507 e. The smallest absolute Gasteiger partial charge is 0.295 e. The van der Waals surface area contributed by atoms with Crippen LogP contribution in [0.15, 0.2) is 72.4 Å². The van der Waals surface area contributed by atoms with Gasteiger partial charge in [-0.2, -0.15) is 0 Å². The summed E-state index contributed by atoms with van der Waals surface area (Å²) in [7, 11) is 3.14. The third-order valence-electron chi connectivity index (χ3n) is 6.73. The molecule has 1 fully saturated rings. The maximum Gasteiger partial charge on any atom is 0.295 e. The Morgan fingerprint density at radius 3 is 2.50 bits per heavy atom. The van der Waals surface area contributed by atoms with Crippen molar-refractivity contribution in [1.82, 2.24) is 9.88 Å². The van der Waals surface area contributed by atoms with E-state index in [4.69, 9.17) is 32.7 Å². The first-order valence-electron chi connectivity index (χ1n) is 11.8. The third kappa shape index (κ3) is 4.59. The number of amides is 1. The number of likely N-dealkylation sites (tertiary alicyclic amines) is 1. The van der Waals surface area contributed by atoms with Crippen molar-refractivity contribution in [2.24, 2.45) is 0 Å². The number of carbonyl (C=O) groups excluding carboxylic acids is 2. The number of benzene rings is 3. The number of carbonyl (C=O) groups is 2. The van der Waals surface area contributed by atoms with E-state index in [1.165, 1.54) is 24.1 Å². The zero-order chi connectivity index (χ0) is 27.0. The van der Waals surface area contributed by atoms with Crippen LogP contribution in [0.5, 0.6) is 11.5 Å². The van der Waals surface area contributed by atoms with Crippen LogP contribution in [0.2, 0.25) is 10.0 Å². The second-order valence-electron chi connectivity index (χ2n) is 8.87. The van der Waals surface area contributed by atoms with Crippen molar-refractivity contribution in [3.63, 3.8) is 0 Å². The van der Waals surface area contributed by atoms with Crippen molar-refractivity contribution in [3.8, 4) is 11.5 Å². The Balaban J connectivity index is 1.58. The Morgan fingerprint density at radius 1 is 1.00 bits per heavy atom. The predicted molar refractivity (Wildman–Crippen MR) is 147 cm³/mol. The first kappa shape index (κ1) is 25.7. The maximum absolute atomic E-state index is 13.4. The highest BCUT2D eigenvalue weighted by atomic mass is 35.5. The van der Waals surface area contributed by atoms with Crippen molar-refractivity contribution in [1.29, 1.82) is 0 Å². The number of nitrogens with one attached hydrogen (secondary N) is 1. The average molecular weight is 551 g/mol. The molecule has 38 heavy (non-hydrogen) atoms. The minimum absolute atomic E-state index is 0.0481. The highest BCUT2D eigenvalue weighted by molar-refractivity contribution is 6.47. The summed E-state index contributed by atoms with van der Waals surface area (Å²) in [5, 5.41) is 12.8. The molecular formula is C29H24Cl2N2O5. The van der Waals surface area contributed by atoms with Gasteiger partial charge >= 0.3 is 0 Å². The van der Waals surface area contributed by atoms with Gasteiger partial charge in [-0.05, 0) is 66.1 Å². The molecule has 9 heteroatoms. The van der Waals surface area contributed by atoms with Crippen LogP contribution in [-0.2, 0) is 16.0 Å². The summed E-state index contributed by atoms with van der Waals surface area (Å²) in [6.45, 7) is 0.224. The molecular weight excluding hydrogens is 527 g/mol. The van der Waals surface area contributed by atoms with Gasteiger partial charge in [-0.1, -0.05) is 35.3 Å².